The third-order valence-corrected chi connectivity index (χ3v) is 13.7. The van der Waals surface area contributed by atoms with E-state index in [-0.39, 0.29) is 17.5 Å². The second-order valence-corrected chi connectivity index (χ2v) is 23.1. The SMILES string of the molecule is CC(C)(C)OC(=O)NC1=N[C@](C)(c2cc(I)ccc2F)CCS1.CC(C)(C)OC(=O)NC1=N[C@](C)(c2cc(N)ccc2F)CCS1.C[C@@]1(c2cc(-c3cccnc3F)ccc2F)CCSC(N)=N1. The number of amidine groups is 3. The van der Waals surface area contributed by atoms with Crippen LogP contribution in [0.3, 0.4) is 0 Å². The minimum atomic E-state index is -0.769. The molecule has 4 heterocycles. The number of hydrogen-bond acceptors (Lipinski definition) is 13. The fourth-order valence-corrected chi connectivity index (χ4v) is 10.8. The normalized spacial score (nSPS) is 21.5. The summed E-state index contributed by atoms with van der Waals surface area (Å²) in [6.45, 7) is 16.3. The van der Waals surface area contributed by atoms with Crippen LogP contribution in [0.1, 0.15) is 98.3 Å². The quantitative estimate of drug-likeness (QED) is 0.0665. The van der Waals surface area contributed by atoms with E-state index in [0.29, 0.717) is 74.0 Å². The number of nitrogen functional groups attached to an aromatic ring is 1. The number of benzene rings is 3. The van der Waals surface area contributed by atoms with Gasteiger partial charge in [0.15, 0.2) is 15.5 Å². The van der Waals surface area contributed by atoms with Crippen molar-refractivity contribution in [1.82, 2.24) is 15.6 Å². The van der Waals surface area contributed by atoms with Gasteiger partial charge >= 0.3 is 12.2 Å². The summed E-state index contributed by atoms with van der Waals surface area (Å²) in [5.74, 6) is 0.659. The lowest BCUT2D eigenvalue weighted by Crippen LogP contribution is -2.38. The highest BCUT2D eigenvalue weighted by Gasteiger charge is 2.36. The lowest BCUT2D eigenvalue weighted by molar-refractivity contribution is 0.0552. The van der Waals surface area contributed by atoms with E-state index in [0.717, 1.165) is 15.1 Å². The average Bonchev–Trinajstić information content (AvgIpc) is 3.22. The summed E-state index contributed by atoms with van der Waals surface area (Å²) in [7, 11) is 0. The first-order valence-corrected chi connectivity index (χ1v) is 25.6. The summed E-state index contributed by atoms with van der Waals surface area (Å²) in [4.78, 5) is 40.9. The van der Waals surface area contributed by atoms with E-state index in [1.54, 1.807) is 84.0 Å². The number of amides is 2. The van der Waals surface area contributed by atoms with Gasteiger partial charge in [-0.3, -0.25) is 25.6 Å². The number of aliphatic imine (C=N–C) groups is 3. The standard InChI is InChI=1S/C16H15F2N3S.C16H20FIN2O2S.C16H22FN3O2S/c1-16(6-8-22-15(19)21-16)12-9-10(4-5-13(12)17)11-3-2-7-20-14(11)18;2*1-15(2,3)22-14(21)19-13-20-16(4,7-8-23-13)11-9-10(18)5-6-12(11)17/h2-5,7,9H,6,8H2,1H3,(H2,19,21);5-6,9H,7-8H2,1-4H3,(H,19,20,21);5-6,9H,7-8,18H2,1-4H3,(H,19,20,21)/t3*16-/m000/s1. The van der Waals surface area contributed by atoms with Crippen molar-refractivity contribution in [3.63, 3.8) is 0 Å². The predicted molar refractivity (Wildman–Crippen MR) is 278 cm³/mol. The summed E-state index contributed by atoms with van der Waals surface area (Å²) in [6.07, 6.45) is 2.30. The van der Waals surface area contributed by atoms with E-state index >= 15 is 0 Å². The number of nitrogens with two attached hydrogens (primary N) is 2. The molecule has 3 aliphatic rings. The van der Waals surface area contributed by atoms with Crippen molar-refractivity contribution in [2.75, 3.05) is 23.0 Å². The van der Waals surface area contributed by atoms with Crippen LogP contribution in [-0.4, -0.2) is 61.1 Å². The second-order valence-electron chi connectivity index (χ2n) is 18.6. The van der Waals surface area contributed by atoms with E-state index in [1.807, 2.05) is 20.8 Å². The van der Waals surface area contributed by atoms with Gasteiger partial charge in [0.2, 0.25) is 5.95 Å². The van der Waals surface area contributed by atoms with Gasteiger partial charge in [-0.2, -0.15) is 4.39 Å². The second kappa shape index (κ2) is 22.5. The third-order valence-electron chi connectivity index (χ3n) is 10.5. The van der Waals surface area contributed by atoms with Crippen molar-refractivity contribution in [1.29, 1.82) is 0 Å². The molecular formula is C48H57F4IN8O4S3. The van der Waals surface area contributed by atoms with Gasteiger partial charge in [0.05, 0.1) is 16.6 Å². The minimum absolute atomic E-state index is 0.278. The molecule has 0 fully saturated rings. The Balaban J connectivity index is 0.000000191. The molecule has 0 bridgehead atoms. The van der Waals surface area contributed by atoms with Crippen LogP contribution < -0.4 is 22.1 Å². The summed E-state index contributed by atoms with van der Waals surface area (Å²) >= 11 is 6.46. The highest BCUT2D eigenvalue weighted by atomic mass is 127. The van der Waals surface area contributed by atoms with Crippen LogP contribution in [0, 0.1) is 27.0 Å². The van der Waals surface area contributed by atoms with Crippen molar-refractivity contribution < 1.29 is 36.6 Å². The van der Waals surface area contributed by atoms with Crippen LogP contribution in [0.4, 0.5) is 32.8 Å². The Kier molecular flexibility index (Phi) is 18.0. The van der Waals surface area contributed by atoms with E-state index < -0.39 is 46.0 Å². The van der Waals surface area contributed by atoms with Gasteiger partial charge in [0.25, 0.3) is 0 Å². The van der Waals surface area contributed by atoms with Gasteiger partial charge in [-0.15, -0.1) is 0 Å². The van der Waals surface area contributed by atoms with E-state index in [9.17, 15) is 27.2 Å². The highest BCUT2D eigenvalue weighted by Crippen LogP contribution is 2.40. The summed E-state index contributed by atoms with van der Waals surface area (Å²) < 4.78 is 68.0. The molecule has 1 aromatic heterocycles. The fourth-order valence-electron chi connectivity index (χ4n) is 7.07. The number of nitrogens with zero attached hydrogens (tertiary/aromatic N) is 4. The molecule has 68 heavy (non-hydrogen) atoms. The molecule has 7 rings (SSSR count). The number of anilines is 1. The molecule has 0 aliphatic carbocycles. The lowest BCUT2D eigenvalue weighted by atomic mass is 9.87. The molecule has 3 atom stereocenters. The molecule has 6 N–H and O–H groups in total. The molecule has 0 saturated heterocycles. The Labute approximate surface area is 421 Å². The Hall–Kier alpha value is -4.54. The summed E-state index contributed by atoms with van der Waals surface area (Å²) in [5.41, 5.74) is 11.0. The molecule has 20 heteroatoms. The van der Waals surface area contributed by atoms with E-state index in [1.165, 1.54) is 65.7 Å². The van der Waals surface area contributed by atoms with Gasteiger partial charge in [0, 0.05) is 55.0 Å². The fraction of sp³-hybridized carbons (Fsp3) is 0.417. The number of halogens is 5. The molecule has 12 nitrogen and oxygen atoms in total. The number of nitrogens with one attached hydrogen (secondary N) is 2. The number of alkyl carbamates (subject to hydrolysis) is 2. The summed E-state index contributed by atoms with van der Waals surface area (Å²) in [6, 6.07) is 17.2. The van der Waals surface area contributed by atoms with E-state index in [2.05, 4.69) is 53.2 Å². The Bertz CT molecular complexity index is 2480. The lowest BCUT2D eigenvalue weighted by Gasteiger charge is -2.31. The zero-order valence-electron chi connectivity index (χ0n) is 39.4. The van der Waals surface area contributed by atoms with Gasteiger partial charge in [0.1, 0.15) is 28.7 Å². The maximum absolute atomic E-state index is 14.3. The number of carbonyl (C=O) groups excluding carboxylic acids is 2. The Morgan fingerprint density at radius 3 is 1.60 bits per heavy atom. The van der Waals surface area contributed by atoms with Crippen LogP contribution in [0.5, 0.6) is 0 Å². The molecule has 0 spiro atoms. The molecule has 0 radical (unpaired) electrons. The number of ether oxygens (including phenoxy) is 2. The molecule has 3 aliphatic heterocycles. The predicted octanol–water partition coefficient (Wildman–Crippen LogP) is 12.0. The third kappa shape index (κ3) is 15.2. The van der Waals surface area contributed by atoms with Crippen LogP contribution >= 0.6 is 57.9 Å². The number of aromatic nitrogens is 1. The van der Waals surface area contributed by atoms with Crippen molar-refractivity contribution in [2.24, 2.45) is 20.7 Å². The van der Waals surface area contributed by atoms with Crippen molar-refractivity contribution in [2.45, 2.75) is 109 Å². The molecule has 0 unspecified atom stereocenters. The van der Waals surface area contributed by atoms with Crippen molar-refractivity contribution in [3.8, 4) is 11.1 Å². The van der Waals surface area contributed by atoms with Crippen molar-refractivity contribution in [3.05, 3.63) is 117 Å². The van der Waals surface area contributed by atoms with E-state index in [4.69, 9.17) is 20.9 Å². The average molecular weight is 1110 g/mol. The number of pyridine rings is 1. The van der Waals surface area contributed by atoms with Crippen LogP contribution in [0.25, 0.3) is 11.1 Å². The first-order chi connectivity index (χ1) is 31.7. The molecular weight excluding hydrogens is 1050 g/mol. The molecule has 4 aromatic rings. The van der Waals surface area contributed by atoms with Crippen LogP contribution in [0.15, 0.2) is 87.9 Å². The molecule has 2 amide bonds. The number of rotatable bonds is 4. The highest BCUT2D eigenvalue weighted by molar-refractivity contribution is 14.1. The van der Waals surface area contributed by atoms with Gasteiger partial charge < -0.3 is 20.9 Å². The topological polar surface area (TPSA) is 179 Å². The molecule has 366 valence electrons. The first kappa shape index (κ1) is 54.4. The zero-order valence-corrected chi connectivity index (χ0v) is 44.0. The van der Waals surface area contributed by atoms with Crippen LogP contribution in [0.2, 0.25) is 0 Å². The maximum Gasteiger partial charge on any atom is 0.413 e. The van der Waals surface area contributed by atoms with Gasteiger partial charge in [-0.25, -0.2) is 27.7 Å². The maximum atomic E-state index is 14.3. The smallest absolute Gasteiger partial charge is 0.413 e. The van der Waals surface area contributed by atoms with Gasteiger partial charge in [-0.05, 0) is 170 Å². The van der Waals surface area contributed by atoms with Crippen molar-refractivity contribution >= 4 is 91.3 Å². The first-order valence-electron chi connectivity index (χ1n) is 21.5. The van der Waals surface area contributed by atoms with Crippen LogP contribution in [-0.2, 0) is 26.1 Å². The number of thioether (sulfide) groups is 3. The zero-order chi connectivity index (χ0) is 50.2. The molecule has 0 saturated carbocycles. The molecule has 3 aromatic carbocycles. The Morgan fingerprint density at radius 2 is 1.10 bits per heavy atom. The number of hydrogen-bond donors (Lipinski definition) is 4. The number of carbonyl (C=O) groups is 2. The summed E-state index contributed by atoms with van der Waals surface area (Å²) in [5, 5.41) is 6.63. The minimum Gasteiger partial charge on any atom is -0.444 e. The van der Waals surface area contributed by atoms with Gasteiger partial charge in [-0.1, -0.05) is 41.4 Å². The Morgan fingerprint density at radius 1 is 0.647 bits per heavy atom. The largest absolute Gasteiger partial charge is 0.444 e. The monoisotopic (exact) mass is 1110 g/mol.